The van der Waals surface area contributed by atoms with Crippen LogP contribution in [0.3, 0.4) is 0 Å². The van der Waals surface area contributed by atoms with Crippen LogP contribution in [0.25, 0.3) is 0 Å². The van der Waals surface area contributed by atoms with E-state index >= 15 is 0 Å². The third-order valence-electron chi connectivity index (χ3n) is 3.85. The molecule has 0 bridgehead atoms. The van der Waals surface area contributed by atoms with Crippen molar-refractivity contribution in [2.24, 2.45) is 0 Å². The first-order valence-corrected chi connectivity index (χ1v) is 8.22. The van der Waals surface area contributed by atoms with Gasteiger partial charge in [-0.3, -0.25) is 0 Å². The Balaban J connectivity index is 1.77. The van der Waals surface area contributed by atoms with Crippen LogP contribution in [0.5, 0.6) is 0 Å². The fourth-order valence-corrected chi connectivity index (χ4v) is 2.37. The van der Waals surface area contributed by atoms with Gasteiger partial charge in [0.2, 0.25) is 0 Å². The van der Waals surface area contributed by atoms with E-state index in [4.69, 9.17) is 9.84 Å². The maximum Gasteiger partial charge on any atom is 0.407 e. The molecule has 0 aliphatic heterocycles. The lowest BCUT2D eigenvalue weighted by molar-refractivity contribution is 0.0134. The van der Waals surface area contributed by atoms with Crippen LogP contribution in [0.4, 0.5) is 9.18 Å². The number of aromatic carboxylic acids is 1. The standard InChI is InChI=1S/C19H20FNO6/c20-15-10-13(6-7-14(15)18(24)25)17(23)16(22)8-9-21-19(26)27-11-12-4-2-1-3-5-12/h1-7,10,16-17,22-23H,8-9,11H2,(H,21,26)(H,24,25). The van der Waals surface area contributed by atoms with Crippen LogP contribution in [0.1, 0.15) is 34.0 Å². The van der Waals surface area contributed by atoms with E-state index in [1.807, 2.05) is 30.3 Å². The van der Waals surface area contributed by atoms with E-state index in [0.717, 1.165) is 17.7 Å². The Labute approximate surface area is 155 Å². The van der Waals surface area contributed by atoms with Crippen molar-refractivity contribution in [1.29, 1.82) is 0 Å². The van der Waals surface area contributed by atoms with E-state index in [1.165, 1.54) is 6.07 Å². The van der Waals surface area contributed by atoms with Gasteiger partial charge in [-0.1, -0.05) is 36.4 Å². The smallest absolute Gasteiger partial charge is 0.407 e. The quantitative estimate of drug-likeness (QED) is 0.561. The zero-order chi connectivity index (χ0) is 19.8. The fourth-order valence-electron chi connectivity index (χ4n) is 2.37. The Morgan fingerprint density at radius 3 is 2.44 bits per heavy atom. The normalized spacial score (nSPS) is 12.9. The van der Waals surface area contributed by atoms with Gasteiger partial charge in [0, 0.05) is 6.54 Å². The summed E-state index contributed by atoms with van der Waals surface area (Å²) in [6, 6.07) is 12.2. The lowest BCUT2D eigenvalue weighted by Crippen LogP contribution is -2.29. The predicted molar refractivity (Wildman–Crippen MR) is 93.6 cm³/mol. The molecule has 0 saturated carbocycles. The number of nitrogens with one attached hydrogen (secondary N) is 1. The van der Waals surface area contributed by atoms with E-state index in [2.05, 4.69) is 5.32 Å². The summed E-state index contributed by atoms with van der Waals surface area (Å²) in [6.45, 7) is 0.134. The highest BCUT2D eigenvalue weighted by Crippen LogP contribution is 2.21. The molecule has 27 heavy (non-hydrogen) atoms. The topological polar surface area (TPSA) is 116 Å². The van der Waals surface area contributed by atoms with E-state index < -0.39 is 35.7 Å². The Bertz CT molecular complexity index is 783. The highest BCUT2D eigenvalue weighted by molar-refractivity contribution is 5.87. The van der Waals surface area contributed by atoms with Gasteiger partial charge in [0.25, 0.3) is 0 Å². The number of ether oxygens (including phenoxy) is 1. The molecule has 0 aromatic heterocycles. The SMILES string of the molecule is O=C(NCCC(O)C(O)c1ccc(C(=O)O)c(F)c1)OCc1ccccc1. The number of hydrogen-bond acceptors (Lipinski definition) is 5. The summed E-state index contributed by atoms with van der Waals surface area (Å²) in [4.78, 5) is 22.4. The molecule has 8 heteroatoms. The highest BCUT2D eigenvalue weighted by Gasteiger charge is 2.21. The minimum absolute atomic E-state index is 0.0100. The summed E-state index contributed by atoms with van der Waals surface area (Å²) in [5.41, 5.74) is 0.342. The van der Waals surface area contributed by atoms with Crippen molar-refractivity contribution in [2.75, 3.05) is 6.54 Å². The number of amides is 1. The number of halogens is 1. The number of hydrogen-bond donors (Lipinski definition) is 4. The van der Waals surface area contributed by atoms with Crippen LogP contribution >= 0.6 is 0 Å². The number of carboxylic acid groups (broad SMARTS) is 1. The maximum atomic E-state index is 13.7. The number of benzene rings is 2. The van der Waals surface area contributed by atoms with Gasteiger partial charge in [0.1, 0.15) is 18.5 Å². The van der Waals surface area contributed by atoms with Crippen LogP contribution in [0.2, 0.25) is 0 Å². The third kappa shape index (κ3) is 6.05. The van der Waals surface area contributed by atoms with Gasteiger partial charge in [-0.2, -0.15) is 0 Å². The molecule has 2 unspecified atom stereocenters. The van der Waals surface area contributed by atoms with Crippen molar-refractivity contribution >= 4 is 12.1 Å². The van der Waals surface area contributed by atoms with Crippen molar-refractivity contribution in [3.63, 3.8) is 0 Å². The Kier molecular flexibility index (Phi) is 7.27. The van der Waals surface area contributed by atoms with Gasteiger partial charge in [-0.15, -0.1) is 0 Å². The van der Waals surface area contributed by atoms with Crippen LogP contribution in [0, 0.1) is 5.82 Å². The number of alkyl carbamates (subject to hydrolysis) is 1. The first kappa shape index (κ1) is 20.3. The van der Waals surface area contributed by atoms with Crippen LogP contribution < -0.4 is 5.32 Å². The molecular weight excluding hydrogens is 357 g/mol. The predicted octanol–water partition coefficient (Wildman–Crippen LogP) is 2.23. The van der Waals surface area contributed by atoms with Crippen molar-refractivity contribution in [3.05, 3.63) is 71.0 Å². The molecule has 0 spiro atoms. The highest BCUT2D eigenvalue weighted by atomic mass is 19.1. The van der Waals surface area contributed by atoms with Crippen molar-refractivity contribution in [3.8, 4) is 0 Å². The zero-order valence-corrected chi connectivity index (χ0v) is 14.3. The number of aliphatic hydroxyl groups excluding tert-OH is 2. The molecule has 4 N–H and O–H groups in total. The third-order valence-corrected chi connectivity index (χ3v) is 3.85. The minimum atomic E-state index is -1.43. The lowest BCUT2D eigenvalue weighted by atomic mass is 10.0. The van der Waals surface area contributed by atoms with Crippen LogP contribution in [-0.4, -0.2) is 40.0 Å². The van der Waals surface area contributed by atoms with Crippen molar-refractivity contribution in [1.82, 2.24) is 5.32 Å². The van der Waals surface area contributed by atoms with Crippen LogP contribution in [0.15, 0.2) is 48.5 Å². The molecule has 2 aromatic carbocycles. The van der Waals surface area contributed by atoms with Gasteiger partial charge in [-0.05, 0) is 29.7 Å². The van der Waals surface area contributed by atoms with Gasteiger partial charge >= 0.3 is 12.1 Å². The summed E-state index contributed by atoms with van der Waals surface area (Å²) in [5.74, 6) is -2.43. The molecule has 0 radical (unpaired) electrons. The summed E-state index contributed by atoms with van der Waals surface area (Å²) in [5, 5.41) is 31.3. The Morgan fingerprint density at radius 2 is 1.81 bits per heavy atom. The largest absolute Gasteiger partial charge is 0.478 e. The Morgan fingerprint density at radius 1 is 1.11 bits per heavy atom. The van der Waals surface area contributed by atoms with Gasteiger partial charge in [0.05, 0.1) is 11.7 Å². The van der Waals surface area contributed by atoms with E-state index in [9.17, 15) is 24.2 Å². The second-order valence-electron chi connectivity index (χ2n) is 5.83. The summed E-state index contributed by atoms with van der Waals surface area (Å²) < 4.78 is 18.7. The number of aliphatic hydroxyl groups is 2. The molecule has 0 fully saturated rings. The molecule has 2 aromatic rings. The van der Waals surface area contributed by atoms with Crippen molar-refractivity contribution < 1.29 is 34.0 Å². The van der Waals surface area contributed by atoms with Gasteiger partial charge in [-0.25, -0.2) is 14.0 Å². The number of carbonyl (C=O) groups excluding carboxylic acids is 1. The van der Waals surface area contributed by atoms with E-state index in [0.29, 0.717) is 0 Å². The molecule has 0 aliphatic carbocycles. The maximum absolute atomic E-state index is 13.7. The average molecular weight is 377 g/mol. The molecule has 1 amide bonds. The lowest BCUT2D eigenvalue weighted by Gasteiger charge is -2.18. The monoisotopic (exact) mass is 377 g/mol. The molecule has 2 atom stereocenters. The second-order valence-corrected chi connectivity index (χ2v) is 5.83. The Hall–Kier alpha value is -2.97. The molecule has 0 aliphatic rings. The summed E-state index contributed by atoms with van der Waals surface area (Å²) in [6.07, 6.45) is -3.39. The molecule has 2 rings (SSSR count). The van der Waals surface area contributed by atoms with Gasteiger partial charge in [0.15, 0.2) is 0 Å². The second kappa shape index (κ2) is 9.65. The summed E-state index contributed by atoms with van der Waals surface area (Å²) >= 11 is 0. The average Bonchev–Trinajstić information content (AvgIpc) is 2.66. The fraction of sp³-hybridized carbons (Fsp3) is 0.263. The first-order chi connectivity index (χ1) is 12.9. The molecule has 0 heterocycles. The van der Waals surface area contributed by atoms with Crippen LogP contribution in [-0.2, 0) is 11.3 Å². The van der Waals surface area contributed by atoms with Gasteiger partial charge < -0.3 is 25.4 Å². The summed E-state index contributed by atoms with van der Waals surface area (Å²) in [7, 11) is 0. The number of carbonyl (C=O) groups is 2. The van der Waals surface area contributed by atoms with Crippen molar-refractivity contribution in [2.45, 2.75) is 25.2 Å². The number of rotatable bonds is 8. The molecule has 0 saturated heterocycles. The molecule has 7 nitrogen and oxygen atoms in total. The first-order valence-electron chi connectivity index (χ1n) is 8.22. The number of carboxylic acids is 1. The zero-order valence-electron chi connectivity index (χ0n) is 14.3. The molecular formula is C19H20FNO6. The van der Waals surface area contributed by atoms with E-state index in [-0.39, 0.29) is 25.1 Å². The van der Waals surface area contributed by atoms with E-state index in [1.54, 1.807) is 0 Å². The minimum Gasteiger partial charge on any atom is -0.478 e. The molecule has 144 valence electrons.